The molecule has 0 aromatic heterocycles. The summed E-state index contributed by atoms with van der Waals surface area (Å²) in [4.78, 5) is 13.1. The molecule has 21 heavy (non-hydrogen) atoms. The molecule has 1 heterocycles. The Balaban J connectivity index is 1.72. The average molecular weight is 291 g/mol. The summed E-state index contributed by atoms with van der Waals surface area (Å²) in [5, 5.41) is 3.61. The first-order valence-corrected chi connectivity index (χ1v) is 7.63. The lowest BCUT2D eigenvalue weighted by Crippen LogP contribution is -2.42. The number of likely N-dealkylation sites (tertiary alicyclic amines) is 1. The van der Waals surface area contributed by atoms with E-state index in [4.69, 9.17) is 10.5 Å². The number of benzene rings is 1. The molecule has 0 aliphatic carbocycles. The number of rotatable bonds is 7. The Morgan fingerprint density at radius 3 is 2.57 bits per heavy atom. The summed E-state index contributed by atoms with van der Waals surface area (Å²) in [6, 6.07) is 8.40. The zero-order chi connectivity index (χ0) is 15.1. The van der Waals surface area contributed by atoms with Crippen LogP contribution in [0.5, 0.6) is 5.75 Å². The molecule has 1 fully saturated rings. The zero-order valence-corrected chi connectivity index (χ0v) is 12.7. The lowest BCUT2D eigenvalue weighted by Gasteiger charge is -2.31. The summed E-state index contributed by atoms with van der Waals surface area (Å²) in [5.74, 6) is 0.216. The van der Waals surface area contributed by atoms with Crippen LogP contribution in [0, 0.1) is 0 Å². The number of ether oxygens (including phenoxy) is 1. The summed E-state index contributed by atoms with van der Waals surface area (Å²) in [6.07, 6.45) is 2.43. The van der Waals surface area contributed by atoms with E-state index in [1.807, 2.05) is 24.3 Å². The van der Waals surface area contributed by atoms with Gasteiger partial charge in [-0.05, 0) is 50.2 Å². The van der Waals surface area contributed by atoms with Gasteiger partial charge < -0.3 is 20.7 Å². The van der Waals surface area contributed by atoms with Crippen LogP contribution >= 0.6 is 0 Å². The molecule has 5 nitrogen and oxygen atoms in total. The molecule has 0 spiro atoms. The topological polar surface area (TPSA) is 67.6 Å². The van der Waals surface area contributed by atoms with Crippen LogP contribution in [0.25, 0.3) is 0 Å². The number of hydrogen-bond acceptors (Lipinski definition) is 4. The van der Waals surface area contributed by atoms with Crippen molar-refractivity contribution in [2.24, 2.45) is 5.73 Å². The van der Waals surface area contributed by atoms with Gasteiger partial charge in [-0.3, -0.25) is 4.79 Å². The van der Waals surface area contributed by atoms with Gasteiger partial charge >= 0.3 is 0 Å². The fraction of sp³-hybridized carbons (Fsp3) is 0.562. The van der Waals surface area contributed by atoms with Gasteiger partial charge in [-0.1, -0.05) is 19.1 Å². The van der Waals surface area contributed by atoms with Gasteiger partial charge in [-0.25, -0.2) is 0 Å². The summed E-state index contributed by atoms with van der Waals surface area (Å²) in [6.45, 7) is 6.54. The molecule has 2 rings (SSSR count). The second kappa shape index (κ2) is 8.00. The van der Waals surface area contributed by atoms with Gasteiger partial charge in [0.1, 0.15) is 5.75 Å². The first-order chi connectivity index (χ1) is 10.2. The number of carbonyl (C=O) groups excluding carboxylic acids is 1. The van der Waals surface area contributed by atoms with Crippen molar-refractivity contribution in [3.05, 3.63) is 29.8 Å². The van der Waals surface area contributed by atoms with Crippen molar-refractivity contribution in [2.75, 3.05) is 26.2 Å². The van der Waals surface area contributed by atoms with E-state index in [1.54, 1.807) is 0 Å². The van der Waals surface area contributed by atoms with E-state index in [0.717, 1.165) is 13.1 Å². The molecule has 0 bridgehead atoms. The maximum atomic E-state index is 10.6. The molecule has 5 heteroatoms. The van der Waals surface area contributed by atoms with Crippen LogP contribution in [0.1, 0.15) is 25.3 Å². The molecule has 1 saturated heterocycles. The molecule has 1 aliphatic rings. The van der Waals surface area contributed by atoms with Crippen LogP contribution < -0.4 is 15.8 Å². The van der Waals surface area contributed by atoms with E-state index in [2.05, 4.69) is 17.1 Å². The number of nitrogens with one attached hydrogen (secondary N) is 1. The maximum Gasteiger partial charge on any atom is 0.255 e. The molecular formula is C16H25N3O2. The first kappa shape index (κ1) is 15.8. The number of nitrogens with two attached hydrogens (primary N) is 1. The molecular weight excluding hydrogens is 266 g/mol. The van der Waals surface area contributed by atoms with Crippen LogP contribution in [-0.2, 0) is 11.3 Å². The van der Waals surface area contributed by atoms with Crippen LogP contribution in [0.3, 0.4) is 0 Å². The monoisotopic (exact) mass is 291 g/mol. The van der Waals surface area contributed by atoms with Crippen LogP contribution in [-0.4, -0.2) is 43.1 Å². The van der Waals surface area contributed by atoms with E-state index in [1.165, 1.54) is 31.5 Å². The van der Waals surface area contributed by atoms with Gasteiger partial charge in [0.2, 0.25) is 0 Å². The summed E-state index contributed by atoms with van der Waals surface area (Å²) in [5.41, 5.74) is 6.26. The zero-order valence-electron chi connectivity index (χ0n) is 12.7. The van der Waals surface area contributed by atoms with Gasteiger partial charge in [-0.2, -0.15) is 0 Å². The van der Waals surface area contributed by atoms with Crippen molar-refractivity contribution in [1.82, 2.24) is 10.2 Å². The van der Waals surface area contributed by atoms with Crippen molar-refractivity contribution in [3.63, 3.8) is 0 Å². The molecule has 0 radical (unpaired) electrons. The minimum Gasteiger partial charge on any atom is -0.484 e. The Kier molecular flexibility index (Phi) is 6.02. The smallest absolute Gasteiger partial charge is 0.255 e. The lowest BCUT2D eigenvalue weighted by molar-refractivity contribution is -0.119. The molecule has 0 unspecified atom stereocenters. The quantitative estimate of drug-likeness (QED) is 0.790. The summed E-state index contributed by atoms with van der Waals surface area (Å²) >= 11 is 0. The average Bonchev–Trinajstić information content (AvgIpc) is 2.52. The van der Waals surface area contributed by atoms with Crippen molar-refractivity contribution in [3.8, 4) is 5.75 Å². The van der Waals surface area contributed by atoms with Crippen LogP contribution in [0.15, 0.2) is 24.3 Å². The Morgan fingerprint density at radius 1 is 1.33 bits per heavy atom. The van der Waals surface area contributed by atoms with E-state index < -0.39 is 5.91 Å². The molecule has 116 valence electrons. The normalized spacial score (nSPS) is 16.8. The fourth-order valence-corrected chi connectivity index (χ4v) is 2.57. The third kappa shape index (κ3) is 5.36. The molecule has 0 atom stereocenters. The molecule has 0 saturated carbocycles. The fourth-order valence-electron chi connectivity index (χ4n) is 2.57. The Bertz CT molecular complexity index is 439. The third-order valence-electron chi connectivity index (χ3n) is 3.93. The highest BCUT2D eigenvalue weighted by Crippen LogP contribution is 2.14. The molecule has 1 aromatic rings. The molecule has 1 aromatic carbocycles. The number of carbonyl (C=O) groups is 1. The van der Waals surface area contributed by atoms with Gasteiger partial charge in [0.05, 0.1) is 0 Å². The minimum atomic E-state index is -0.459. The second-order valence-electron chi connectivity index (χ2n) is 5.49. The van der Waals surface area contributed by atoms with Gasteiger partial charge in [0.25, 0.3) is 5.91 Å². The second-order valence-corrected chi connectivity index (χ2v) is 5.49. The van der Waals surface area contributed by atoms with Gasteiger partial charge in [0, 0.05) is 12.6 Å². The van der Waals surface area contributed by atoms with Crippen LogP contribution in [0.4, 0.5) is 0 Å². The van der Waals surface area contributed by atoms with E-state index in [-0.39, 0.29) is 6.61 Å². The number of amides is 1. The Labute approximate surface area is 126 Å². The number of piperidine rings is 1. The minimum absolute atomic E-state index is 0.0758. The van der Waals surface area contributed by atoms with Crippen molar-refractivity contribution >= 4 is 5.91 Å². The molecule has 1 amide bonds. The number of hydrogen-bond donors (Lipinski definition) is 2. The molecule has 3 N–H and O–H groups in total. The first-order valence-electron chi connectivity index (χ1n) is 7.63. The van der Waals surface area contributed by atoms with Gasteiger partial charge in [-0.15, -0.1) is 0 Å². The number of primary amides is 1. The standard InChI is InChI=1S/C16H25N3O2/c1-2-19-9-7-14(8-10-19)18-11-13-3-5-15(6-4-13)21-12-16(17)20/h3-6,14,18H,2,7-12H2,1H3,(H2,17,20). The van der Waals surface area contributed by atoms with E-state index in [9.17, 15) is 4.79 Å². The number of nitrogens with zero attached hydrogens (tertiary/aromatic N) is 1. The van der Waals surface area contributed by atoms with Crippen molar-refractivity contribution in [1.29, 1.82) is 0 Å². The Hall–Kier alpha value is -1.59. The van der Waals surface area contributed by atoms with Crippen molar-refractivity contribution < 1.29 is 9.53 Å². The lowest BCUT2D eigenvalue weighted by atomic mass is 10.0. The largest absolute Gasteiger partial charge is 0.484 e. The van der Waals surface area contributed by atoms with E-state index in [0.29, 0.717) is 11.8 Å². The van der Waals surface area contributed by atoms with Crippen LogP contribution in [0.2, 0.25) is 0 Å². The summed E-state index contributed by atoms with van der Waals surface area (Å²) in [7, 11) is 0. The highest BCUT2D eigenvalue weighted by Gasteiger charge is 2.17. The van der Waals surface area contributed by atoms with Crippen molar-refractivity contribution in [2.45, 2.75) is 32.4 Å². The predicted molar refractivity (Wildman–Crippen MR) is 83.1 cm³/mol. The molecule has 1 aliphatic heterocycles. The van der Waals surface area contributed by atoms with Gasteiger partial charge in [0.15, 0.2) is 6.61 Å². The highest BCUT2D eigenvalue weighted by molar-refractivity contribution is 5.75. The maximum absolute atomic E-state index is 10.6. The third-order valence-corrected chi connectivity index (χ3v) is 3.93. The SMILES string of the molecule is CCN1CCC(NCc2ccc(OCC(N)=O)cc2)CC1. The predicted octanol–water partition coefficient (Wildman–Crippen LogP) is 1.12. The highest BCUT2D eigenvalue weighted by atomic mass is 16.5. The van der Waals surface area contributed by atoms with E-state index >= 15 is 0 Å². The Morgan fingerprint density at radius 2 is 2.00 bits per heavy atom. The summed E-state index contributed by atoms with van der Waals surface area (Å²) < 4.78 is 5.24.